The van der Waals surface area contributed by atoms with Gasteiger partial charge in [0.05, 0.1) is 30.3 Å². The third kappa shape index (κ3) is 6.27. The summed E-state index contributed by atoms with van der Waals surface area (Å²) in [7, 11) is 0. The summed E-state index contributed by atoms with van der Waals surface area (Å²) in [5.41, 5.74) is 0.518. The number of aliphatic hydroxyl groups excluding tert-OH is 1. The van der Waals surface area contributed by atoms with E-state index in [4.69, 9.17) is 4.74 Å². The first-order valence-electron chi connectivity index (χ1n) is 16.8. The van der Waals surface area contributed by atoms with Gasteiger partial charge in [0, 0.05) is 25.3 Å². The minimum absolute atomic E-state index is 0.0855. The molecule has 6 rings (SSSR count). The molecule has 0 spiro atoms. The van der Waals surface area contributed by atoms with Crippen molar-refractivity contribution in [2.45, 2.75) is 109 Å². The minimum atomic E-state index is -1.01. The Kier molecular flexibility index (Phi) is 8.91. The van der Waals surface area contributed by atoms with E-state index in [1.54, 1.807) is 36.5 Å². The number of aromatic nitrogens is 3. The van der Waals surface area contributed by atoms with Gasteiger partial charge in [-0.3, -0.25) is 19.2 Å². The van der Waals surface area contributed by atoms with Gasteiger partial charge in [-0.15, -0.1) is 5.10 Å². The molecule has 2 saturated heterocycles. The Bertz CT molecular complexity index is 1550. The Morgan fingerprint density at radius 1 is 1.23 bits per heavy atom. The number of aliphatic hydroxyl groups is 1. The molecule has 7 atom stereocenters. The summed E-state index contributed by atoms with van der Waals surface area (Å²) in [5.74, 6) is 0.191. The number of rotatable bonds is 7. The molecule has 0 radical (unpaired) electrons. The zero-order valence-corrected chi connectivity index (χ0v) is 27.7. The molecule has 13 nitrogen and oxygen atoms in total. The van der Waals surface area contributed by atoms with E-state index < -0.39 is 23.2 Å². The lowest BCUT2D eigenvalue weighted by molar-refractivity contribution is -0.126. The summed E-state index contributed by atoms with van der Waals surface area (Å²) in [4.78, 5) is 43.1. The van der Waals surface area contributed by atoms with Crippen LogP contribution in [0.4, 0.5) is 10.5 Å². The first-order chi connectivity index (χ1) is 22.4. The number of nitrogens with one attached hydrogen (secondary N) is 2. The van der Waals surface area contributed by atoms with E-state index in [1.165, 1.54) is 4.90 Å². The van der Waals surface area contributed by atoms with Crippen LogP contribution in [0.3, 0.4) is 0 Å². The van der Waals surface area contributed by atoms with Crippen LogP contribution in [0.1, 0.15) is 77.5 Å². The molecule has 4 aliphatic rings. The second-order valence-corrected chi connectivity index (χ2v) is 14.7. The van der Waals surface area contributed by atoms with Crippen LogP contribution in [0, 0.1) is 29.2 Å². The Morgan fingerprint density at radius 3 is 2.79 bits per heavy atom. The van der Waals surface area contributed by atoms with Gasteiger partial charge in [0.1, 0.15) is 17.3 Å². The summed E-state index contributed by atoms with van der Waals surface area (Å²) < 4.78 is 7.17. The van der Waals surface area contributed by atoms with Crippen LogP contribution in [-0.2, 0) is 32.8 Å². The van der Waals surface area contributed by atoms with E-state index in [9.17, 15) is 24.8 Å². The van der Waals surface area contributed by atoms with Gasteiger partial charge in [-0.1, -0.05) is 30.3 Å². The summed E-state index contributed by atoms with van der Waals surface area (Å²) in [6, 6.07) is 6.70. The molecule has 252 valence electrons. The molecule has 1 saturated carbocycles. The molecule has 0 bridgehead atoms. The molecule has 0 unspecified atom stereocenters. The highest BCUT2D eigenvalue weighted by atomic mass is 16.6. The van der Waals surface area contributed by atoms with E-state index >= 15 is 0 Å². The fraction of sp³-hybridized carbons (Fsp3) is 0.647. The number of likely N-dealkylation sites (tertiary alicyclic amines) is 2. The molecule has 3 fully saturated rings. The molecule has 3 N–H and O–H groups in total. The van der Waals surface area contributed by atoms with Crippen LogP contribution in [0.5, 0.6) is 0 Å². The number of fused-ring (bicyclic) bond motifs is 2. The predicted molar refractivity (Wildman–Crippen MR) is 171 cm³/mol. The first-order valence-corrected chi connectivity index (χ1v) is 16.8. The van der Waals surface area contributed by atoms with Crippen LogP contribution in [0.25, 0.3) is 0 Å². The monoisotopic (exact) mass is 646 g/mol. The summed E-state index contributed by atoms with van der Waals surface area (Å²) in [6.07, 6.45) is 7.20. The van der Waals surface area contributed by atoms with Crippen molar-refractivity contribution in [2.24, 2.45) is 17.8 Å². The normalized spacial score (nSPS) is 30.3. The zero-order valence-electron chi connectivity index (χ0n) is 27.7. The van der Waals surface area contributed by atoms with Crippen LogP contribution in [0.15, 0.2) is 30.5 Å². The van der Waals surface area contributed by atoms with Crippen molar-refractivity contribution in [3.63, 3.8) is 0 Å². The standard InChI is InChI=1S/C34H46N8O5/c1-21-24-16-29(40(20-35)18-22(24)11-12-28(21)43)34(25-8-5-6-9-26(25)37-31(34)45)13-15-41-19-23(38-39-41)17-36-30(44)27-10-7-14-42(27)32(46)47-33(2,3)4/h5-6,8-9,19,21-22,24,27-29,43H,7,10-18H2,1-4H3,(H,36,44)(H,37,45)/t21-,22+,24-,27+,28+,29+,34+/m1/s1. The minimum Gasteiger partial charge on any atom is -0.444 e. The average Bonchev–Trinajstić information content (AvgIpc) is 3.77. The van der Waals surface area contributed by atoms with Gasteiger partial charge in [0.2, 0.25) is 11.8 Å². The molecule has 3 aliphatic heterocycles. The van der Waals surface area contributed by atoms with Gasteiger partial charge in [0.15, 0.2) is 6.19 Å². The van der Waals surface area contributed by atoms with Gasteiger partial charge in [-0.2, -0.15) is 5.26 Å². The fourth-order valence-corrected chi connectivity index (χ4v) is 8.33. The maximum Gasteiger partial charge on any atom is 0.410 e. The van der Waals surface area contributed by atoms with Gasteiger partial charge in [0.25, 0.3) is 0 Å². The fourth-order valence-electron chi connectivity index (χ4n) is 8.33. The number of carbonyl (C=O) groups is 3. The third-order valence-corrected chi connectivity index (χ3v) is 10.7. The number of carbonyl (C=O) groups excluding carboxylic acids is 3. The number of nitriles is 1. The van der Waals surface area contributed by atoms with Crippen LogP contribution < -0.4 is 10.6 Å². The number of amides is 3. The molecule has 2 aromatic rings. The quantitative estimate of drug-likeness (QED) is 0.383. The Morgan fingerprint density at radius 2 is 2.02 bits per heavy atom. The summed E-state index contributed by atoms with van der Waals surface area (Å²) in [5, 5.41) is 35.6. The lowest BCUT2D eigenvalue weighted by atomic mass is 9.61. The number of para-hydroxylation sites is 1. The molecule has 13 heteroatoms. The maximum absolute atomic E-state index is 14.1. The van der Waals surface area contributed by atoms with Gasteiger partial charge in [-0.25, -0.2) is 4.79 Å². The maximum atomic E-state index is 14.1. The topological polar surface area (TPSA) is 166 Å². The number of aryl methyl sites for hydroxylation is 1. The molecular formula is C34H46N8O5. The number of nitrogens with zero attached hydrogens (tertiary/aromatic N) is 6. The van der Waals surface area contributed by atoms with Crippen molar-refractivity contribution >= 4 is 23.6 Å². The lowest BCUT2D eigenvalue weighted by Gasteiger charge is -2.52. The van der Waals surface area contributed by atoms with Crippen molar-refractivity contribution in [1.29, 1.82) is 5.26 Å². The van der Waals surface area contributed by atoms with E-state index in [0.717, 1.165) is 30.5 Å². The van der Waals surface area contributed by atoms with Crippen molar-refractivity contribution in [1.82, 2.24) is 30.1 Å². The number of ether oxygens (including phenoxy) is 1. The molecule has 47 heavy (non-hydrogen) atoms. The molecular weight excluding hydrogens is 600 g/mol. The van der Waals surface area contributed by atoms with Crippen molar-refractivity contribution in [3.05, 3.63) is 41.7 Å². The highest BCUT2D eigenvalue weighted by Gasteiger charge is 2.57. The largest absolute Gasteiger partial charge is 0.444 e. The smallest absolute Gasteiger partial charge is 0.410 e. The van der Waals surface area contributed by atoms with Crippen LogP contribution >= 0.6 is 0 Å². The van der Waals surface area contributed by atoms with Crippen molar-refractivity contribution in [2.75, 3.05) is 18.4 Å². The van der Waals surface area contributed by atoms with Crippen LogP contribution in [-0.4, -0.2) is 84.7 Å². The number of hydrogen-bond donors (Lipinski definition) is 3. The zero-order chi connectivity index (χ0) is 33.5. The molecule has 1 aromatic heterocycles. The molecule has 1 aliphatic carbocycles. The highest BCUT2D eigenvalue weighted by molar-refractivity contribution is 6.07. The average molecular weight is 647 g/mol. The number of anilines is 1. The molecule has 4 heterocycles. The molecule has 1 aromatic carbocycles. The van der Waals surface area contributed by atoms with E-state index in [2.05, 4.69) is 34.1 Å². The second kappa shape index (κ2) is 12.8. The van der Waals surface area contributed by atoms with Crippen molar-refractivity contribution in [3.8, 4) is 6.19 Å². The highest BCUT2D eigenvalue weighted by Crippen LogP contribution is 2.51. The lowest BCUT2D eigenvalue weighted by Crippen LogP contribution is -2.60. The number of benzene rings is 1. The van der Waals surface area contributed by atoms with Crippen LogP contribution in [0.2, 0.25) is 0 Å². The van der Waals surface area contributed by atoms with E-state index in [0.29, 0.717) is 50.5 Å². The van der Waals surface area contributed by atoms with Gasteiger partial charge >= 0.3 is 6.09 Å². The molecule has 3 amide bonds. The number of hydrogen-bond acceptors (Lipinski definition) is 9. The van der Waals surface area contributed by atoms with Gasteiger partial charge in [-0.05, 0) is 88.7 Å². The predicted octanol–water partition coefficient (Wildman–Crippen LogP) is 3.15. The second-order valence-electron chi connectivity index (χ2n) is 14.7. The number of piperidine rings is 1. The SMILES string of the molecule is C[C@@H]1[C@H]2C[C@@H]([C@@]3(CCn4cc(CNC(=O)[C@@H]5CCCN5C(=O)OC(C)(C)C)nn4)C(=O)Nc4ccccc43)N(C#N)C[C@@H]2CC[C@@H]1O. The summed E-state index contributed by atoms with van der Waals surface area (Å²) >= 11 is 0. The Hall–Kier alpha value is -4.18. The third-order valence-electron chi connectivity index (χ3n) is 10.7. The Labute approximate surface area is 275 Å². The van der Waals surface area contributed by atoms with Gasteiger partial charge < -0.3 is 25.4 Å². The van der Waals surface area contributed by atoms with E-state index in [1.807, 2.05) is 24.3 Å². The summed E-state index contributed by atoms with van der Waals surface area (Å²) in [6.45, 7) is 9.02. The van der Waals surface area contributed by atoms with Crippen molar-refractivity contribution < 1.29 is 24.2 Å². The Balaban J connectivity index is 1.17. The first kappa shape index (κ1) is 32.7. The van der Waals surface area contributed by atoms with E-state index in [-0.39, 0.29) is 42.3 Å².